The number of carbonyl (C=O) groups excluding carboxylic acids is 3. The highest BCUT2D eigenvalue weighted by Crippen LogP contribution is 2.25. The summed E-state index contributed by atoms with van der Waals surface area (Å²) in [7, 11) is 1.51. The highest BCUT2D eigenvalue weighted by Gasteiger charge is 2.11. The third kappa shape index (κ3) is 3.98. The molecule has 6 nitrogen and oxygen atoms in total. The maximum Gasteiger partial charge on any atom is 0.251 e. The number of aryl methyl sites for hydroxylation is 1. The zero-order valence-electron chi connectivity index (χ0n) is 13.6. The predicted molar refractivity (Wildman–Crippen MR) is 91.5 cm³/mol. The van der Waals surface area contributed by atoms with Crippen molar-refractivity contribution < 1.29 is 14.4 Å². The van der Waals surface area contributed by atoms with Crippen LogP contribution in [0.25, 0.3) is 11.1 Å². The summed E-state index contributed by atoms with van der Waals surface area (Å²) in [6.45, 7) is 1.86. The summed E-state index contributed by atoms with van der Waals surface area (Å²) < 4.78 is 0. The van der Waals surface area contributed by atoms with Gasteiger partial charge in [-0.2, -0.15) is 0 Å². The van der Waals surface area contributed by atoms with Gasteiger partial charge >= 0.3 is 0 Å². The molecule has 24 heavy (non-hydrogen) atoms. The quantitative estimate of drug-likeness (QED) is 0.771. The first kappa shape index (κ1) is 17.2. The van der Waals surface area contributed by atoms with Gasteiger partial charge in [-0.15, -0.1) is 0 Å². The minimum absolute atomic E-state index is 0.0775. The Hall–Kier alpha value is -3.15. The highest BCUT2D eigenvalue weighted by molar-refractivity contribution is 5.98. The lowest BCUT2D eigenvalue weighted by Crippen LogP contribution is -2.35. The molecule has 2 aromatic rings. The third-order valence-electron chi connectivity index (χ3n) is 3.67. The smallest absolute Gasteiger partial charge is 0.251 e. The summed E-state index contributed by atoms with van der Waals surface area (Å²) in [6, 6.07) is 12.2. The van der Waals surface area contributed by atoms with Crippen LogP contribution in [0.1, 0.15) is 26.3 Å². The van der Waals surface area contributed by atoms with Crippen molar-refractivity contribution in [2.24, 2.45) is 5.73 Å². The molecule has 4 N–H and O–H groups in total. The largest absolute Gasteiger partial charge is 0.366 e. The van der Waals surface area contributed by atoms with Crippen LogP contribution in [0.5, 0.6) is 0 Å². The number of rotatable bonds is 5. The standard InChI is InChI=1S/C18H19N3O3/c1-11-3-4-14(18(24)21-10-16(22)20-2)9-15(11)12-5-7-13(8-6-12)17(19)23/h3-9H,10H2,1-2H3,(H2,19,23)(H,20,22)(H,21,24). The Morgan fingerprint density at radius 3 is 2.21 bits per heavy atom. The monoisotopic (exact) mass is 325 g/mol. The highest BCUT2D eigenvalue weighted by atomic mass is 16.2. The molecule has 0 bridgehead atoms. The summed E-state index contributed by atoms with van der Waals surface area (Å²) >= 11 is 0. The van der Waals surface area contributed by atoms with Crippen LogP contribution in [0.3, 0.4) is 0 Å². The van der Waals surface area contributed by atoms with E-state index < -0.39 is 5.91 Å². The van der Waals surface area contributed by atoms with Crippen molar-refractivity contribution in [1.82, 2.24) is 10.6 Å². The number of nitrogens with one attached hydrogen (secondary N) is 2. The Labute approximate surface area is 140 Å². The fraction of sp³-hybridized carbons (Fsp3) is 0.167. The number of benzene rings is 2. The molecule has 2 rings (SSSR count). The molecule has 0 unspecified atom stereocenters. The van der Waals surface area contributed by atoms with Gasteiger partial charge in [0.05, 0.1) is 6.54 Å². The third-order valence-corrected chi connectivity index (χ3v) is 3.67. The lowest BCUT2D eigenvalue weighted by atomic mass is 9.97. The molecule has 6 heteroatoms. The minimum atomic E-state index is -0.486. The average Bonchev–Trinajstić information content (AvgIpc) is 2.59. The number of nitrogens with two attached hydrogens (primary N) is 1. The second kappa shape index (κ2) is 7.41. The van der Waals surface area contributed by atoms with Crippen molar-refractivity contribution in [2.75, 3.05) is 13.6 Å². The van der Waals surface area contributed by atoms with Gasteiger partial charge in [0.2, 0.25) is 11.8 Å². The van der Waals surface area contributed by atoms with E-state index in [1.807, 2.05) is 13.0 Å². The molecular weight excluding hydrogens is 306 g/mol. The van der Waals surface area contributed by atoms with Crippen LogP contribution in [0, 0.1) is 6.92 Å². The molecule has 0 saturated heterocycles. The molecule has 0 aliphatic heterocycles. The summed E-state index contributed by atoms with van der Waals surface area (Å²) in [6.07, 6.45) is 0. The normalized spacial score (nSPS) is 10.1. The molecule has 0 atom stereocenters. The number of carbonyl (C=O) groups is 3. The topological polar surface area (TPSA) is 101 Å². The van der Waals surface area contributed by atoms with Crippen LogP contribution in [-0.2, 0) is 4.79 Å². The Balaban J connectivity index is 2.26. The molecule has 3 amide bonds. The maximum absolute atomic E-state index is 12.2. The van der Waals surface area contributed by atoms with Crippen LogP contribution in [0.15, 0.2) is 42.5 Å². The van der Waals surface area contributed by atoms with Gasteiger partial charge in [0.15, 0.2) is 0 Å². The Bertz CT molecular complexity index is 783. The fourth-order valence-electron chi connectivity index (χ4n) is 2.24. The average molecular weight is 325 g/mol. The molecular formula is C18H19N3O3. The first-order chi connectivity index (χ1) is 11.4. The van der Waals surface area contributed by atoms with Gasteiger partial charge in [-0.1, -0.05) is 18.2 Å². The molecule has 0 aromatic heterocycles. The minimum Gasteiger partial charge on any atom is -0.366 e. The molecule has 0 saturated carbocycles. The molecule has 0 radical (unpaired) electrons. The number of hydrogen-bond acceptors (Lipinski definition) is 3. The molecule has 0 aliphatic rings. The van der Waals surface area contributed by atoms with Crippen LogP contribution in [-0.4, -0.2) is 31.3 Å². The second-order valence-electron chi connectivity index (χ2n) is 5.33. The van der Waals surface area contributed by atoms with Gasteiger partial charge in [-0.05, 0) is 47.9 Å². The maximum atomic E-state index is 12.2. The Kier molecular flexibility index (Phi) is 5.31. The van der Waals surface area contributed by atoms with Crippen molar-refractivity contribution in [2.45, 2.75) is 6.92 Å². The predicted octanol–water partition coefficient (Wildman–Crippen LogP) is 1.24. The van der Waals surface area contributed by atoms with Crippen molar-refractivity contribution in [1.29, 1.82) is 0 Å². The van der Waals surface area contributed by atoms with Crippen LogP contribution < -0.4 is 16.4 Å². The van der Waals surface area contributed by atoms with Gasteiger partial charge in [-0.3, -0.25) is 14.4 Å². The van der Waals surface area contributed by atoms with Gasteiger partial charge in [0.1, 0.15) is 0 Å². The molecule has 2 aromatic carbocycles. The van der Waals surface area contributed by atoms with Gasteiger partial charge in [0.25, 0.3) is 5.91 Å². The number of hydrogen-bond donors (Lipinski definition) is 3. The Morgan fingerprint density at radius 2 is 1.62 bits per heavy atom. The number of amides is 3. The summed E-state index contributed by atoms with van der Waals surface area (Å²) in [5.74, 6) is -1.08. The van der Waals surface area contributed by atoms with Crippen molar-refractivity contribution in [3.8, 4) is 11.1 Å². The second-order valence-corrected chi connectivity index (χ2v) is 5.33. The fourth-order valence-corrected chi connectivity index (χ4v) is 2.24. The van der Waals surface area contributed by atoms with Crippen LogP contribution in [0.4, 0.5) is 0 Å². The van der Waals surface area contributed by atoms with E-state index in [2.05, 4.69) is 10.6 Å². The lowest BCUT2D eigenvalue weighted by molar-refractivity contribution is -0.119. The first-order valence-corrected chi connectivity index (χ1v) is 7.42. The zero-order valence-corrected chi connectivity index (χ0v) is 13.6. The van der Waals surface area contributed by atoms with Crippen molar-refractivity contribution in [3.05, 3.63) is 59.2 Å². The number of likely N-dealkylation sites (N-methyl/N-ethyl adjacent to an activating group) is 1. The zero-order chi connectivity index (χ0) is 17.7. The Morgan fingerprint density at radius 1 is 1.00 bits per heavy atom. The summed E-state index contributed by atoms with van der Waals surface area (Å²) in [5, 5.41) is 5.00. The van der Waals surface area contributed by atoms with Gasteiger partial charge in [0, 0.05) is 18.2 Å². The van der Waals surface area contributed by atoms with Crippen molar-refractivity contribution >= 4 is 17.7 Å². The lowest BCUT2D eigenvalue weighted by Gasteiger charge is -2.10. The van der Waals surface area contributed by atoms with E-state index in [1.54, 1.807) is 36.4 Å². The van der Waals surface area contributed by atoms with E-state index in [9.17, 15) is 14.4 Å². The van der Waals surface area contributed by atoms with E-state index in [0.29, 0.717) is 11.1 Å². The molecule has 0 aliphatic carbocycles. The summed E-state index contributed by atoms with van der Waals surface area (Å²) in [4.78, 5) is 34.5. The van der Waals surface area contributed by atoms with E-state index in [1.165, 1.54) is 7.05 Å². The van der Waals surface area contributed by atoms with Crippen molar-refractivity contribution in [3.63, 3.8) is 0 Å². The van der Waals surface area contributed by atoms with Gasteiger partial charge in [-0.25, -0.2) is 0 Å². The SMILES string of the molecule is CNC(=O)CNC(=O)c1ccc(C)c(-c2ccc(C(N)=O)cc2)c1. The number of primary amides is 1. The molecule has 0 heterocycles. The van der Waals surface area contributed by atoms with E-state index in [0.717, 1.165) is 16.7 Å². The van der Waals surface area contributed by atoms with E-state index in [4.69, 9.17) is 5.73 Å². The van der Waals surface area contributed by atoms with E-state index >= 15 is 0 Å². The van der Waals surface area contributed by atoms with Crippen LogP contribution in [0.2, 0.25) is 0 Å². The molecule has 0 fully saturated rings. The summed E-state index contributed by atoms with van der Waals surface area (Å²) in [5.41, 5.74) is 8.86. The molecule has 0 spiro atoms. The van der Waals surface area contributed by atoms with Gasteiger partial charge < -0.3 is 16.4 Å². The van der Waals surface area contributed by atoms with E-state index in [-0.39, 0.29) is 18.4 Å². The van der Waals surface area contributed by atoms with Crippen LogP contribution >= 0.6 is 0 Å². The first-order valence-electron chi connectivity index (χ1n) is 7.42. The molecule has 124 valence electrons.